The number of amides is 1. The average molecular weight is 283 g/mol. The summed E-state index contributed by atoms with van der Waals surface area (Å²) in [5.41, 5.74) is -0.0130. The van der Waals surface area contributed by atoms with Gasteiger partial charge in [-0.05, 0) is 27.2 Å². The van der Waals surface area contributed by atoms with Crippen molar-refractivity contribution >= 4 is 17.4 Å². The Bertz CT molecular complexity index is 516. The fourth-order valence-electron chi connectivity index (χ4n) is 1.82. The quantitative estimate of drug-likeness (QED) is 0.624. The summed E-state index contributed by atoms with van der Waals surface area (Å²) in [4.78, 5) is 22.4. The number of hydrogen-bond acceptors (Lipinski definition) is 5. The first kappa shape index (κ1) is 15.9. The van der Waals surface area contributed by atoms with Crippen LogP contribution in [0.25, 0.3) is 0 Å². The minimum atomic E-state index is -0.476. The molecule has 1 aromatic rings. The number of carbonyl (C=O) groups is 1. The summed E-state index contributed by atoms with van der Waals surface area (Å²) in [6.07, 6.45) is 0.458. The van der Waals surface area contributed by atoms with E-state index < -0.39 is 4.92 Å². The average Bonchev–Trinajstić information content (AvgIpc) is 2.60. The van der Waals surface area contributed by atoms with E-state index in [0.29, 0.717) is 12.1 Å². The molecule has 0 saturated heterocycles. The summed E-state index contributed by atoms with van der Waals surface area (Å²) in [5, 5.41) is 20.7. The van der Waals surface area contributed by atoms with Crippen LogP contribution < -0.4 is 10.6 Å². The summed E-state index contributed by atoms with van der Waals surface area (Å²) in [6, 6.07) is 0. The van der Waals surface area contributed by atoms with Crippen LogP contribution >= 0.6 is 0 Å². The molecule has 1 rings (SSSR count). The molecule has 1 aromatic heterocycles. The Morgan fingerprint density at radius 2 is 2.05 bits per heavy atom. The first-order valence-corrected chi connectivity index (χ1v) is 6.41. The van der Waals surface area contributed by atoms with E-state index in [0.717, 1.165) is 0 Å². The molecule has 20 heavy (non-hydrogen) atoms. The first-order chi connectivity index (χ1) is 9.15. The molecule has 1 heterocycles. The number of aryl methyl sites for hydroxylation is 2. The highest BCUT2D eigenvalue weighted by atomic mass is 16.6. The van der Waals surface area contributed by atoms with Crippen LogP contribution in [0.3, 0.4) is 0 Å². The molecule has 8 heteroatoms. The number of hydrogen-bond donors (Lipinski definition) is 2. The van der Waals surface area contributed by atoms with E-state index in [1.807, 2.05) is 20.8 Å². The highest BCUT2D eigenvalue weighted by Crippen LogP contribution is 2.28. The number of nitro groups is 1. The van der Waals surface area contributed by atoms with Gasteiger partial charge in [-0.1, -0.05) is 6.92 Å². The van der Waals surface area contributed by atoms with Crippen molar-refractivity contribution in [3.63, 3.8) is 0 Å². The van der Waals surface area contributed by atoms with Crippen LogP contribution in [0.4, 0.5) is 11.5 Å². The first-order valence-electron chi connectivity index (χ1n) is 6.41. The van der Waals surface area contributed by atoms with E-state index in [4.69, 9.17) is 0 Å². The van der Waals surface area contributed by atoms with E-state index in [2.05, 4.69) is 15.7 Å². The van der Waals surface area contributed by atoms with Crippen molar-refractivity contribution in [1.29, 1.82) is 0 Å². The van der Waals surface area contributed by atoms with Gasteiger partial charge in [0.1, 0.15) is 5.69 Å². The largest absolute Gasteiger partial charge is 0.355 e. The van der Waals surface area contributed by atoms with Crippen LogP contribution in [0, 0.1) is 10.1 Å². The van der Waals surface area contributed by atoms with Crippen molar-refractivity contribution in [2.45, 2.75) is 39.7 Å². The van der Waals surface area contributed by atoms with Gasteiger partial charge in [-0.15, -0.1) is 0 Å². The molecule has 0 spiro atoms. The van der Waals surface area contributed by atoms with Gasteiger partial charge >= 0.3 is 5.69 Å². The van der Waals surface area contributed by atoms with Crippen LogP contribution in [0.5, 0.6) is 0 Å². The molecule has 0 radical (unpaired) electrons. The highest BCUT2D eigenvalue weighted by Gasteiger charge is 2.26. The van der Waals surface area contributed by atoms with E-state index in [1.165, 1.54) is 4.68 Å². The summed E-state index contributed by atoms with van der Waals surface area (Å²) in [6.45, 7) is 7.36. The van der Waals surface area contributed by atoms with E-state index in [1.54, 1.807) is 14.0 Å². The molecule has 0 unspecified atom stereocenters. The van der Waals surface area contributed by atoms with Crippen LogP contribution in [0.15, 0.2) is 0 Å². The lowest BCUT2D eigenvalue weighted by atomic mass is 10.1. The van der Waals surface area contributed by atoms with Crippen molar-refractivity contribution < 1.29 is 9.72 Å². The van der Waals surface area contributed by atoms with Gasteiger partial charge in [-0.25, -0.2) is 4.68 Å². The summed E-state index contributed by atoms with van der Waals surface area (Å²) >= 11 is 0. The Balaban J connectivity index is 2.85. The fourth-order valence-corrected chi connectivity index (χ4v) is 1.82. The lowest BCUT2D eigenvalue weighted by Crippen LogP contribution is -2.43. The molecule has 0 aliphatic carbocycles. The molecular formula is C12H21N5O3. The maximum absolute atomic E-state index is 11.7. The van der Waals surface area contributed by atoms with Crippen molar-refractivity contribution in [2.75, 3.05) is 11.9 Å². The van der Waals surface area contributed by atoms with E-state index in [-0.39, 0.29) is 29.5 Å². The zero-order valence-electron chi connectivity index (χ0n) is 12.5. The molecule has 8 nitrogen and oxygen atoms in total. The Morgan fingerprint density at radius 3 is 2.50 bits per heavy atom. The third kappa shape index (κ3) is 3.94. The molecule has 112 valence electrons. The molecular weight excluding hydrogens is 262 g/mol. The monoisotopic (exact) mass is 283 g/mol. The van der Waals surface area contributed by atoms with E-state index in [9.17, 15) is 14.9 Å². The molecule has 0 aromatic carbocycles. The Labute approximate surface area is 117 Å². The van der Waals surface area contributed by atoms with Crippen molar-refractivity contribution in [2.24, 2.45) is 7.05 Å². The van der Waals surface area contributed by atoms with Gasteiger partial charge in [-0.2, -0.15) is 5.10 Å². The second kappa shape index (κ2) is 5.89. The van der Waals surface area contributed by atoms with Gasteiger partial charge in [0.25, 0.3) is 0 Å². The van der Waals surface area contributed by atoms with Gasteiger partial charge in [0.05, 0.1) is 11.5 Å². The minimum Gasteiger partial charge on any atom is -0.355 e. The number of anilines is 1. The Morgan fingerprint density at radius 1 is 1.45 bits per heavy atom. The zero-order valence-corrected chi connectivity index (χ0v) is 12.5. The van der Waals surface area contributed by atoms with E-state index >= 15 is 0 Å². The van der Waals surface area contributed by atoms with Gasteiger partial charge in [0, 0.05) is 12.6 Å². The van der Waals surface area contributed by atoms with Crippen molar-refractivity contribution in [3.8, 4) is 0 Å². The molecule has 0 atom stereocenters. The fraction of sp³-hybridized carbons (Fsp3) is 0.667. The molecule has 0 saturated carbocycles. The van der Waals surface area contributed by atoms with Crippen LogP contribution in [0.1, 0.15) is 33.4 Å². The third-order valence-electron chi connectivity index (χ3n) is 2.54. The van der Waals surface area contributed by atoms with Gasteiger partial charge in [0.15, 0.2) is 0 Å². The van der Waals surface area contributed by atoms with Crippen molar-refractivity contribution in [3.05, 3.63) is 15.8 Å². The summed E-state index contributed by atoms with van der Waals surface area (Å²) in [5.74, 6) is 0.0157. The highest BCUT2D eigenvalue weighted by molar-refractivity contribution is 5.81. The van der Waals surface area contributed by atoms with Gasteiger partial charge in [0.2, 0.25) is 11.7 Å². The topological polar surface area (TPSA) is 102 Å². The molecule has 0 bridgehead atoms. The molecule has 0 aliphatic rings. The maximum atomic E-state index is 11.7. The molecule has 0 aliphatic heterocycles. The number of nitrogens with zero attached hydrogens (tertiary/aromatic N) is 3. The Kier molecular flexibility index (Phi) is 4.69. The molecule has 1 amide bonds. The van der Waals surface area contributed by atoms with Gasteiger partial charge in [-0.3, -0.25) is 14.9 Å². The van der Waals surface area contributed by atoms with Crippen LogP contribution in [-0.2, 0) is 18.3 Å². The second-order valence-electron chi connectivity index (χ2n) is 5.53. The number of nitrogens with one attached hydrogen (secondary N) is 2. The minimum absolute atomic E-state index is 0.0409. The third-order valence-corrected chi connectivity index (χ3v) is 2.54. The Hall–Kier alpha value is -2.12. The molecule has 2 N–H and O–H groups in total. The SMILES string of the molecule is CCc1nn(C)c(NCC(=O)NC(C)(C)C)c1[N+](=O)[O-]. The van der Waals surface area contributed by atoms with Crippen LogP contribution in [-0.4, -0.2) is 32.7 Å². The normalized spacial score (nSPS) is 11.2. The zero-order chi connectivity index (χ0) is 15.5. The van der Waals surface area contributed by atoms with Crippen LogP contribution in [0.2, 0.25) is 0 Å². The predicted molar refractivity (Wildman–Crippen MR) is 75.6 cm³/mol. The number of rotatable bonds is 5. The lowest BCUT2D eigenvalue weighted by molar-refractivity contribution is -0.384. The smallest absolute Gasteiger partial charge is 0.333 e. The second-order valence-corrected chi connectivity index (χ2v) is 5.53. The summed E-state index contributed by atoms with van der Waals surface area (Å²) < 4.78 is 1.39. The predicted octanol–water partition coefficient (Wildman–Crippen LogP) is 1.22. The number of aromatic nitrogens is 2. The summed E-state index contributed by atoms with van der Waals surface area (Å²) in [7, 11) is 1.61. The van der Waals surface area contributed by atoms with Gasteiger partial charge < -0.3 is 10.6 Å². The number of carbonyl (C=O) groups excluding carboxylic acids is 1. The maximum Gasteiger partial charge on any atom is 0.333 e. The standard InChI is InChI=1S/C12H21N5O3/c1-6-8-10(17(19)20)11(16(5)15-8)13-7-9(18)14-12(2,3)4/h13H,6-7H2,1-5H3,(H,14,18). The molecule has 0 fully saturated rings. The van der Waals surface area contributed by atoms with Crippen molar-refractivity contribution in [1.82, 2.24) is 15.1 Å². The lowest BCUT2D eigenvalue weighted by Gasteiger charge is -2.20.